The molecule has 25 heavy (non-hydrogen) atoms. The van der Waals surface area contributed by atoms with Crippen molar-refractivity contribution in [3.63, 3.8) is 0 Å². The number of hydrogen-bond donors (Lipinski definition) is 1. The first-order valence-corrected chi connectivity index (χ1v) is 7.83. The lowest BCUT2D eigenvalue weighted by Gasteiger charge is -2.19. The van der Waals surface area contributed by atoms with E-state index in [4.69, 9.17) is 0 Å². The van der Waals surface area contributed by atoms with Crippen molar-refractivity contribution in [2.75, 3.05) is 7.05 Å². The molecule has 0 aliphatic rings. The molecule has 0 fully saturated rings. The summed E-state index contributed by atoms with van der Waals surface area (Å²) in [6.07, 6.45) is 0. The predicted molar refractivity (Wildman–Crippen MR) is 92.9 cm³/mol. The molecule has 3 rings (SSSR count). The number of phenols is 1. The molecule has 0 bridgehead atoms. The van der Waals surface area contributed by atoms with Crippen LogP contribution in [0.5, 0.6) is 5.75 Å². The summed E-state index contributed by atoms with van der Waals surface area (Å²) >= 11 is 0. The zero-order valence-electron chi connectivity index (χ0n) is 14.2. The Morgan fingerprint density at radius 1 is 1.16 bits per heavy atom. The number of fused-ring (bicyclic) bond motifs is 1. The number of phenolic OH excluding ortho intramolecular Hbond substituents is 1. The number of rotatable bonds is 3. The van der Waals surface area contributed by atoms with Crippen LogP contribution < -0.4 is 0 Å². The Kier molecular flexibility index (Phi) is 4.35. The van der Waals surface area contributed by atoms with Crippen LogP contribution in [0.2, 0.25) is 0 Å². The second kappa shape index (κ2) is 6.47. The van der Waals surface area contributed by atoms with Gasteiger partial charge in [0, 0.05) is 25.2 Å². The highest BCUT2D eigenvalue weighted by Gasteiger charge is 2.19. The van der Waals surface area contributed by atoms with Crippen LogP contribution in [0.25, 0.3) is 11.0 Å². The molecule has 1 heterocycles. The number of nitrogens with zero attached hydrogens (tertiary/aromatic N) is 3. The van der Waals surface area contributed by atoms with Crippen LogP contribution in [-0.2, 0) is 6.54 Å². The molecule has 1 amide bonds. The molecule has 0 radical (unpaired) electrons. The Labute approximate surface area is 144 Å². The lowest BCUT2D eigenvalue weighted by Crippen LogP contribution is -2.27. The van der Waals surface area contributed by atoms with E-state index in [1.807, 2.05) is 0 Å². The van der Waals surface area contributed by atoms with Crippen LogP contribution in [0.15, 0.2) is 36.4 Å². The highest BCUT2D eigenvalue weighted by Crippen LogP contribution is 2.22. The van der Waals surface area contributed by atoms with Gasteiger partial charge in [0.2, 0.25) is 0 Å². The summed E-state index contributed by atoms with van der Waals surface area (Å²) in [6.45, 7) is 3.78. The van der Waals surface area contributed by atoms with Gasteiger partial charge in [-0.3, -0.25) is 4.79 Å². The van der Waals surface area contributed by atoms with Gasteiger partial charge in [-0.1, -0.05) is 18.2 Å². The van der Waals surface area contributed by atoms with Crippen LogP contribution >= 0.6 is 0 Å². The summed E-state index contributed by atoms with van der Waals surface area (Å²) in [6, 6.07) is 9.23. The Hall–Kier alpha value is -3.02. The number of para-hydroxylation sites is 1. The molecule has 0 unspecified atom stereocenters. The fraction of sp³-hybridized carbons (Fsp3) is 0.211. The first kappa shape index (κ1) is 16.8. The van der Waals surface area contributed by atoms with Gasteiger partial charge < -0.3 is 10.0 Å². The topological polar surface area (TPSA) is 66.3 Å². The number of halogens is 1. The summed E-state index contributed by atoms with van der Waals surface area (Å²) in [5, 5.41) is 9.87. The molecule has 1 N–H and O–H groups in total. The summed E-state index contributed by atoms with van der Waals surface area (Å²) in [7, 11) is 1.60. The monoisotopic (exact) mass is 339 g/mol. The normalized spacial score (nSPS) is 10.9. The maximum atomic E-state index is 14.0. The van der Waals surface area contributed by atoms with Crippen molar-refractivity contribution < 1.29 is 14.3 Å². The average molecular weight is 339 g/mol. The van der Waals surface area contributed by atoms with E-state index in [0.717, 1.165) is 0 Å². The van der Waals surface area contributed by atoms with E-state index in [1.165, 1.54) is 17.0 Å². The van der Waals surface area contributed by atoms with Crippen molar-refractivity contribution in [1.29, 1.82) is 0 Å². The Balaban J connectivity index is 2.01. The molecule has 0 aliphatic heterocycles. The third-order valence-corrected chi connectivity index (χ3v) is 4.12. The minimum absolute atomic E-state index is 0.109. The molecule has 3 aromatic rings. The number of aromatic nitrogens is 2. The van der Waals surface area contributed by atoms with Gasteiger partial charge in [0.15, 0.2) is 0 Å². The first-order chi connectivity index (χ1) is 11.9. The fourth-order valence-electron chi connectivity index (χ4n) is 2.64. The minimum atomic E-state index is -0.538. The first-order valence-electron chi connectivity index (χ1n) is 7.83. The standard InChI is InChI=1S/C19H18FN3O2/c1-11-12(2)22-18-15(8-14(20)9-16(18)21-11)19(25)23(3)10-13-6-4-5-7-17(13)24/h4-9,24H,10H2,1-3H3. The van der Waals surface area contributed by atoms with E-state index in [9.17, 15) is 14.3 Å². The molecular weight excluding hydrogens is 321 g/mol. The second-order valence-corrected chi connectivity index (χ2v) is 6.01. The molecule has 5 nitrogen and oxygen atoms in total. The van der Waals surface area contributed by atoms with E-state index in [0.29, 0.717) is 28.0 Å². The predicted octanol–water partition coefficient (Wildman–Crippen LogP) is 3.36. The summed E-state index contributed by atoms with van der Waals surface area (Å²) in [5.41, 5.74) is 2.87. The molecule has 0 atom stereocenters. The van der Waals surface area contributed by atoms with E-state index in [2.05, 4.69) is 9.97 Å². The lowest BCUT2D eigenvalue weighted by atomic mass is 10.1. The van der Waals surface area contributed by atoms with Crippen molar-refractivity contribution in [3.8, 4) is 5.75 Å². The van der Waals surface area contributed by atoms with Gasteiger partial charge in [-0.2, -0.15) is 0 Å². The van der Waals surface area contributed by atoms with Crippen LogP contribution in [0.4, 0.5) is 4.39 Å². The smallest absolute Gasteiger partial charge is 0.256 e. The van der Waals surface area contributed by atoms with Gasteiger partial charge in [0.1, 0.15) is 17.1 Å². The molecule has 0 saturated heterocycles. The molecule has 0 aliphatic carbocycles. The molecule has 0 spiro atoms. The van der Waals surface area contributed by atoms with Crippen LogP contribution in [0.1, 0.15) is 27.3 Å². The number of amides is 1. The van der Waals surface area contributed by atoms with Gasteiger partial charge in [-0.15, -0.1) is 0 Å². The highest BCUT2D eigenvalue weighted by atomic mass is 19.1. The SMILES string of the molecule is Cc1nc2cc(F)cc(C(=O)N(C)Cc3ccccc3O)c2nc1C. The molecule has 1 aromatic heterocycles. The van der Waals surface area contributed by atoms with Gasteiger partial charge in [-0.25, -0.2) is 14.4 Å². The third-order valence-electron chi connectivity index (χ3n) is 4.12. The zero-order chi connectivity index (χ0) is 18.1. The third kappa shape index (κ3) is 3.28. The van der Waals surface area contributed by atoms with Crippen LogP contribution in [-0.4, -0.2) is 32.9 Å². The molecular formula is C19H18FN3O2. The number of carbonyl (C=O) groups is 1. The Bertz CT molecular complexity index is 972. The maximum absolute atomic E-state index is 14.0. The molecule has 2 aromatic carbocycles. The zero-order valence-corrected chi connectivity index (χ0v) is 14.2. The molecule has 128 valence electrons. The number of benzene rings is 2. The summed E-state index contributed by atoms with van der Waals surface area (Å²) in [4.78, 5) is 23.0. The van der Waals surface area contributed by atoms with E-state index < -0.39 is 5.82 Å². The highest BCUT2D eigenvalue weighted by molar-refractivity contribution is 6.04. The van der Waals surface area contributed by atoms with Crippen molar-refractivity contribution in [2.45, 2.75) is 20.4 Å². The number of carbonyl (C=O) groups excluding carboxylic acids is 1. The second-order valence-electron chi connectivity index (χ2n) is 6.01. The van der Waals surface area contributed by atoms with Gasteiger partial charge in [0.05, 0.1) is 22.5 Å². The minimum Gasteiger partial charge on any atom is -0.508 e. The maximum Gasteiger partial charge on any atom is 0.256 e. The van der Waals surface area contributed by atoms with Gasteiger partial charge in [-0.05, 0) is 26.0 Å². The quantitative estimate of drug-likeness (QED) is 0.794. The van der Waals surface area contributed by atoms with Crippen molar-refractivity contribution in [2.24, 2.45) is 0 Å². The summed E-state index contributed by atoms with van der Waals surface area (Å²) < 4.78 is 14.0. The van der Waals surface area contributed by atoms with Crippen molar-refractivity contribution in [3.05, 3.63) is 64.7 Å². The number of hydrogen-bond acceptors (Lipinski definition) is 4. The van der Waals surface area contributed by atoms with Crippen LogP contribution in [0, 0.1) is 19.7 Å². The molecule has 0 saturated carbocycles. The summed E-state index contributed by atoms with van der Waals surface area (Å²) in [5.74, 6) is -0.813. The average Bonchev–Trinajstić information content (AvgIpc) is 2.57. The Morgan fingerprint density at radius 3 is 2.56 bits per heavy atom. The van der Waals surface area contributed by atoms with Gasteiger partial charge in [0.25, 0.3) is 5.91 Å². The number of aryl methyl sites for hydroxylation is 2. The van der Waals surface area contributed by atoms with Crippen molar-refractivity contribution >= 4 is 16.9 Å². The largest absolute Gasteiger partial charge is 0.508 e. The Morgan fingerprint density at radius 2 is 1.84 bits per heavy atom. The lowest BCUT2D eigenvalue weighted by molar-refractivity contribution is 0.0785. The fourth-order valence-corrected chi connectivity index (χ4v) is 2.64. The van der Waals surface area contributed by atoms with Gasteiger partial charge >= 0.3 is 0 Å². The van der Waals surface area contributed by atoms with Crippen LogP contribution in [0.3, 0.4) is 0 Å². The number of aromatic hydroxyl groups is 1. The van der Waals surface area contributed by atoms with E-state index in [-0.39, 0.29) is 23.8 Å². The van der Waals surface area contributed by atoms with E-state index >= 15 is 0 Å². The molecule has 6 heteroatoms. The van der Waals surface area contributed by atoms with E-state index in [1.54, 1.807) is 45.2 Å². The van der Waals surface area contributed by atoms with Crippen molar-refractivity contribution in [1.82, 2.24) is 14.9 Å².